The van der Waals surface area contributed by atoms with Crippen molar-refractivity contribution in [1.82, 2.24) is 5.32 Å². The minimum atomic E-state index is -0.583. The zero-order valence-electron chi connectivity index (χ0n) is 9.02. The number of nitro groups is 1. The van der Waals surface area contributed by atoms with Gasteiger partial charge >= 0.3 is 0 Å². The van der Waals surface area contributed by atoms with Gasteiger partial charge in [-0.05, 0) is 24.0 Å². The molecule has 2 fully saturated rings. The fourth-order valence-electron chi connectivity index (χ4n) is 2.59. The zero-order valence-corrected chi connectivity index (χ0v) is 9.02. The van der Waals surface area contributed by atoms with Gasteiger partial charge in [0, 0.05) is 19.1 Å². The second kappa shape index (κ2) is 3.66. The van der Waals surface area contributed by atoms with E-state index in [1.165, 1.54) is 12.1 Å². The number of rotatable bonds is 3. The van der Waals surface area contributed by atoms with Crippen molar-refractivity contribution in [2.45, 2.75) is 6.04 Å². The first-order valence-electron chi connectivity index (χ1n) is 5.58. The van der Waals surface area contributed by atoms with Gasteiger partial charge < -0.3 is 10.6 Å². The smallest absolute Gasteiger partial charge is 0.295 e. The van der Waals surface area contributed by atoms with Crippen molar-refractivity contribution in [3.63, 3.8) is 0 Å². The van der Waals surface area contributed by atoms with E-state index in [1.807, 2.05) is 0 Å². The van der Waals surface area contributed by atoms with E-state index in [1.54, 1.807) is 0 Å². The van der Waals surface area contributed by atoms with Crippen molar-refractivity contribution in [3.05, 3.63) is 34.1 Å². The highest BCUT2D eigenvalue weighted by Crippen LogP contribution is 2.44. The number of nitro benzene ring substituents is 1. The van der Waals surface area contributed by atoms with Crippen LogP contribution in [0.3, 0.4) is 0 Å². The highest BCUT2D eigenvalue weighted by molar-refractivity contribution is 5.62. The van der Waals surface area contributed by atoms with Crippen LogP contribution in [0.4, 0.5) is 15.8 Å². The summed E-state index contributed by atoms with van der Waals surface area (Å²) in [5.41, 5.74) is 0.221. The molecule has 3 rings (SSSR count). The summed E-state index contributed by atoms with van der Waals surface area (Å²) < 4.78 is 12.9. The molecule has 0 aromatic heterocycles. The second-order valence-electron chi connectivity index (χ2n) is 4.57. The number of nitrogens with one attached hydrogen (secondary N) is 2. The maximum atomic E-state index is 12.9. The van der Waals surface area contributed by atoms with Gasteiger partial charge in [-0.15, -0.1) is 0 Å². The van der Waals surface area contributed by atoms with Crippen LogP contribution in [-0.2, 0) is 0 Å². The number of hydrogen-bond acceptors (Lipinski definition) is 4. The molecule has 2 N–H and O–H groups in total. The first-order chi connectivity index (χ1) is 8.16. The standard InChI is InChI=1S/C11H12FN3O2/c12-6-1-2-9(10(3-6)15(16)17)14-11-7-4-13-5-8(7)11/h1-3,7-8,11,13-14H,4-5H2. The molecule has 2 unspecified atom stereocenters. The predicted octanol–water partition coefficient (Wildman–Crippen LogP) is 1.36. The Morgan fingerprint density at radius 2 is 2.12 bits per heavy atom. The Kier molecular flexibility index (Phi) is 2.25. The Morgan fingerprint density at radius 3 is 2.76 bits per heavy atom. The highest BCUT2D eigenvalue weighted by Gasteiger charge is 2.53. The van der Waals surface area contributed by atoms with Crippen LogP contribution >= 0.6 is 0 Å². The van der Waals surface area contributed by atoms with Gasteiger partial charge in [-0.3, -0.25) is 10.1 Å². The molecule has 0 amide bonds. The number of anilines is 1. The molecule has 1 saturated carbocycles. The number of halogens is 1. The Labute approximate surface area is 97.2 Å². The molecule has 1 aliphatic heterocycles. The van der Waals surface area contributed by atoms with Crippen LogP contribution < -0.4 is 10.6 Å². The molecule has 17 heavy (non-hydrogen) atoms. The second-order valence-corrected chi connectivity index (χ2v) is 4.57. The van der Waals surface area contributed by atoms with Crippen molar-refractivity contribution in [3.8, 4) is 0 Å². The molecule has 1 aromatic rings. The Bertz CT molecular complexity index is 470. The van der Waals surface area contributed by atoms with E-state index >= 15 is 0 Å². The summed E-state index contributed by atoms with van der Waals surface area (Å²) >= 11 is 0. The minimum absolute atomic E-state index is 0.192. The lowest BCUT2D eigenvalue weighted by Gasteiger charge is -2.09. The van der Waals surface area contributed by atoms with Crippen LogP contribution in [-0.4, -0.2) is 24.1 Å². The fraction of sp³-hybridized carbons (Fsp3) is 0.455. The van der Waals surface area contributed by atoms with Crippen LogP contribution in [0.15, 0.2) is 18.2 Å². The largest absolute Gasteiger partial charge is 0.376 e. The van der Waals surface area contributed by atoms with Crippen molar-refractivity contribution < 1.29 is 9.31 Å². The lowest BCUT2D eigenvalue weighted by molar-refractivity contribution is -0.384. The molecule has 2 aliphatic rings. The first-order valence-corrected chi connectivity index (χ1v) is 5.58. The lowest BCUT2D eigenvalue weighted by Crippen LogP contribution is -2.21. The summed E-state index contributed by atoms with van der Waals surface area (Å²) in [6.07, 6.45) is 0. The maximum absolute atomic E-state index is 12.9. The first kappa shape index (κ1) is 10.5. The molecular formula is C11H12FN3O2. The van der Waals surface area contributed by atoms with Crippen LogP contribution in [0.25, 0.3) is 0 Å². The minimum Gasteiger partial charge on any atom is -0.376 e. The van der Waals surface area contributed by atoms with Crippen molar-refractivity contribution >= 4 is 11.4 Å². The molecule has 1 heterocycles. The summed E-state index contributed by atoms with van der Waals surface area (Å²) in [6, 6.07) is 3.93. The van der Waals surface area contributed by atoms with Gasteiger partial charge in [0.2, 0.25) is 0 Å². The topological polar surface area (TPSA) is 67.2 Å². The number of piperidine rings is 1. The third-order valence-corrected chi connectivity index (χ3v) is 3.57. The van der Waals surface area contributed by atoms with Crippen molar-refractivity contribution in [2.75, 3.05) is 18.4 Å². The monoisotopic (exact) mass is 237 g/mol. The van der Waals surface area contributed by atoms with Crippen molar-refractivity contribution in [2.24, 2.45) is 11.8 Å². The summed E-state index contributed by atoms with van der Waals surface area (Å²) in [4.78, 5) is 10.3. The molecule has 0 spiro atoms. The molecule has 1 aromatic carbocycles. The van der Waals surface area contributed by atoms with Gasteiger partial charge in [0.15, 0.2) is 0 Å². The van der Waals surface area contributed by atoms with Crippen LogP contribution in [0.5, 0.6) is 0 Å². The summed E-state index contributed by atoms with van der Waals surface area (Å²) in [5.74, 6) is 0.527. The SMILES string of the molecule is O=[N+]([O-])c1cc(F)ccc1NC1C2CNCC21. The van der Waals surface area contributed by atoms with Gasteiger partial charge in [-0.1, -0.05) is 0 Å². The van der Waals surface area contributed by atoms with Gasteiger partial charge in [-0.2, -0.15) is 0 Å². The Morgan fingerprint density at radius 1 is 1.41 bits per heavy atom. The third kappa shape index (κ3) is 1.74. The molecule has 1 aliphatic carbocycles. The van der Waals surface area contributed by atoms with E-state index in [-0.39, 0.29) is 5.69 Å². The molecule has 6 heteroatoms. The third-order valence-electron chi connectivity index (χ3n) is 3.57. The van der Waals surface area contributed by atoms with E-state index in [2.05, 4.69) is 10.6 Å². The van der Waals surface area contributed by atoms with Crippen molar-refractivity contribution in [1.29, 1.82) is 0 Å². The summed E-state index contributed by atoms with van der Waals surface area (Å²) in [7, 11) is 0. The van der Waals surface area contributed by atoms with E-state index < -0.39 is 10.7 Å². The Balaban J connectivity index is 1.81. The summed E-state index contributed by atoms with van der Waals surface area (Å²) in [6.45, 7) is 1.91. The highest BCUT2D eigenvalue weighted by atomic mass is 19.1. The number of hydrogen-bond donors (Lipinski definition) is 2. The normalized spacial score (nSPS) is 29.8. The fourth-order valence-corrected chi connectivity index (χ4v) is 2.59. The van der Waals surface area contributed by atoms with E-state index in [0.717, 1.165) is 19.2 Å². The van der Waals surface area contributed by atoms with E-state index in [9.17, 15) is 14.5 Å². The molecule has 2 atom stereocenters. The zero-order chi connectivity index (χ0) is 12.0. The molecule has 5 nitrogen and oxygen atoms in total. The van der Waals surface area contributed by atoms with E-state index in [4.69, 9.17) is 0 Å². The molecule has 90 valence electrons. The molecule has 0 bridgehead atoms. The van der Waals surface area contributed by atoms with Gasteiger partial charge in [0.25, 0.3) is 5.69 Å². The van der Waals surface area contributed by atoms with Gasteiger partial charge in [0.1, 0.15) is 11.5 Å². The molecule has 1 saturated heterocycles. The average Bonchev–Trinajstić information content (AvgIpc) is 2.75. The van der Waals surface area contributed by atoms with Crippen LogP contribution in [0.2, 0.25) is 0 Å². The maximum Gasteiger partial charge on any atom is 0.295 e. The van der Waals surface area contributed by atoms with E-state index in [0.29, 0.717) is 23.6 Å². The lowest BCUT2D eigenvalue weighted by atomic mass is 10.2. The number of fused-ring (bicyclic) bond motifs is 1. The molecular weight excluding hydrogens is 225 g/mol. The molecule has 0 radical (unpaired) electrons. The predicted molar refractivity (Wildman–Crippen MR) is 60.3 cm³/mol. The average molecular weight is 237 g/mol. The van der Waals surface area contributed by atoms with Gasteiger partial charge in [0.05, 0.1) is 11.0 Å². The summed E-state index contributed by atoms with van der Waals surface area (Å²) in [5, 5.41) is 17.2. The van der Waals surface area contributed by atoms with Gasteiger partial charge in [-0.25, -0.2) is 4.39 Å². The number of benzene rings is 1. The van der Waals surface area contributed by atoms with Crippen LogP contribution in [0.1, 0.15) is 0 Å². The number of nitrogens with zero attached hydrogens (tertiary/aromatic N) is 1. The Hall–Kier alpha value is -1.69. The van der Waals surface area contributed by atoms with Crippen LogP contribution in [0, 0.1) is 27.8 Å². The quantitative estimate of drug-likeness (QED) is 0.615.